The van der Waals surface area contributed by atoms with Crippen LogP contribution in [0.25, 0.3) is 0 Å². The zero-order valence-electron chi connectivity index (χ0n) is 5.80. The maximum atomic E-state index is 4.10. The van der Waals surface area contributed by atoms with Gasteiger partial charge in [0.05, 0.1) is 0 Å². The highest BCUT2D eigenvalue weighted by Gasteiger charge is 1.86. The van der Waals surface area contributed by atoms with Gasteiger partial charge < -0.3 is 0 Å². The molecule has 0 spiro atoms. The summed E-state index contributed by atoms with van der Waals surface area (Å²) in [5.41, 5.74) is 0. The molecule has 0 aromatic rings. The molecule has 0 bridgehead atoms. The largest absolute Gasteiger partial charge is 0.167 e. The summed E-state index contributed by atoms with van der Waals surface area (Å²) in [4.78, 5) is 0. The third-order valence-corrected chi connectivity index (χ3v) is 5.17. The van der Waals surface area contributed by atoms with Gasteiger partial charge in [0.25, 0.3) is 0 Å². The van der Waals surface area contributed by atoms with Crippen molar-refractivity contribution in [1.29, 1.82) is 0 Å². The summed E-state index contributed by atoms with van der Waals surface area (Å²) < 4.78 is 0. The molecule has 0 saturated heterocycles. The van der Waals surface area contributed by atoms with Gasteiger partial charge >= 0.3 is 0 Å². The lowest BCUT2D eigenvalue weighted by atomic mass is 10.6. The zero-order chi connectivity index (χ0) is 6.95. The minimum Gasteiger partial charge on any atom is -0.167 e. The van der Waals surface area contributed by atoms with Gasteiger partial charge in [-0.25, -0.2) is 0 Å². The first-order valence-electron chi connectivity index (χ1n) is 3.27. The van der Waals surface area contributed by atoms with E-state index in [1.54, 1.807) is 0 Å². The zero-order valence-corrected chi connectivity index (χ0v) is 9.74. The molecule has 0 saturated carbocycles. The van der Waals surface area contributed by atoms with Crippen molar-refractivity contribution < 1.29 is 0 Å². The normalized spacial score (nSPS) is 11.3. The van der Waals surface area contributed by atoms with E-state index >= 15 is 0 Å². The van der Waals surface area contributed by atoms with Crippen molar-refractivity contribution in [3.8, 4) is 0 Å². The second-order valence-corrected chi connectivity index (χ2v) is 6.81. The molecule has 0 nitrogen and oxygen atoms in total. The van der Waals surface area contributed by atoms with Crippen LogP contribution in [0, 0.1) is 0 Å². The lowest BCUT2D eigenvalue weighted by molar-refractivity contribution is 1.10. The average molecular weight is 198 g/mol. The van der Waals surface area contributed by atoms with Crippen LogP contribution in [0.1, 0.15) is 6.42 Å². The van der Waals surface area contributed by atoms with E-state index in [1.807, 2.05) is 21.6 Å². The van der Waals surface area contributed by atoms with Crippen LogP contribution in [0.4, 0.5) is 0 Å². The smallest absolute Gasteiger partial charge is 0.0465 e. The summed E-state index contributed by atoms with van der Waals surface area (Å²) in [5, 5.41) is 0.953. The van der Waals surface area contributed by atoms with Crippen LogP contribution >= 0.6 is 34.2 Å². The van der Waals surface area contributed by atoms with Gasteiger partial charge in [-0.2, -0.15) is 12.6 Å². The summed E-state index contributed by atoms with van der Waals surface area (Å²) in [6.07, 6.45) is 1.42. The van der Waals surface area contributed by atoms with E-state index in [-0.39, 0.29) is 0 Å². The second-order valence-electron chi connectivity index (χ2n) is 1.78. The fraction of sp³-hybridized carbons (Fsp3) is 1.00. The van der Waals surface area contributed by atoms with E-state index in [0.717, 1.165) is 5.08 Å². The van der Waals surface area contributed by atoms with Gasteiger partial charge in [0.15, 0.2) is 0 Å². The number of thiol groups is 1. The van der Waals surface area contributed by atoms with Crippen molar-refractivity contribution in [1.82, 2.24) is 0 Å². The van der Waals surface area contributed by atoms with Crippen LogP contribution in [-0.4, -0.2) is 20.4 Å². The SMILES string of the molecule is C[SiH2]CCCSSCS. The van der Waals surface area contributed by atoms with Crippen LogP contribution in [0.15, 0.2) is 0 Å². The predicted molar refractivity (Wildman–Crippen MR) is 57.7 cm³/mol. The van der Waals surface area contributed by atoms with Gasteiger partial charge in [-0.05, 0) is 6.42 Å². The molecule has 0 aromatic heterocycles. The third kappa shape index (κ3) is 9.27. The maximum absolute atomic E-state index is 4.10. The molecule has 0 N–H and O–H groups in total. The lowest BCUT2D eigenvalue weighted by Crippen LogP contribution is -1.82. The van der Waals surface area contributed by atoms with Crippen molar-refractivity contribution >= 4 is 43.7 Å². The van der Waals surface area contributed by atoms with Gasteiger partial charge in [-0.3, -0.25) is 0 Å². The molecule has 0 aromatic carbocycles. The second kappa shape index (κ2) is 9.27. The Morgan fingerprint density at radius 1 is 1.44 bits per heavy atom. The Labute approximate surface area is 73.6 Å². The minimum atomic E-state index is 0.338. The maximum Gasteiger partial charge on any atom is 0.0465 e. The van der Waals surface area contributed by atoms with E-state index < -0.39 is 0 Å². The van der Waals surface area contributed by atoms with Crippen molar-refractivity contribution in [2.75, 3.05) is 10.8 Å². The molecule has 4 heteroatoms. The van der Waals surface area contributed by atoms with E-state index in [4.69, 9.17) is 0 Å². The molecule has 0 fully saturated rings. The predicted octanol–water partition coefficient (Wildman–Crippen LogP) is 2.28. The van der Waals surface area contributed by atoms with Crippen molar-refractivity contribution in [2.24, 2.45) is 0 Å². The molecule has 0 rings (SSSR count). The van der Waals surface area contributed by atoms with Crippen molar-refractivity contribution in [3.05, 3.63) is 0 Å². The summed E-state index contributed by atoms with van der Waals surface area (Å²) in [6, 6.07) is 1.51. The Morgan fingerprint density at radius 2 is 2.22 bits per heavy atom. The third-order valence-electron chi connectivity index (χ3n) is 0.967. The first-order valence-corrected chi connectivity index (χ1v) is 8.80. The number of rotatable bonds is 6. The highest BCUT2D eigenvalue weighted by Crippen LogP contribution is 2.22. The monoisotopic (exact) mass is 198 g/mol. The van der Waals surface area contributed by atoms with E-state index in [9.17, 15) is 0 Å². The van der Waals surface area contributed by atoms with Crippen molar-refractivity contribution in [3.63, 3.8) is 0 Å². The Hall–Kier alpha value is 1.27. The van der Waals surface area contributed by atoms with Gasteiger partial charge in [0.2, 0.25) is 0 Å². The molecule has 0 aliphatic heterocycles. The van der Waals surface area contributed by atoms with Gasteiger partial charge in [-0.1, -0.05) is 34.2 Å². The molecule has 0 heterocycles. The van der Waals surface area contributed by atoms with Crippen LogP contribution < -0.4 is 0 Å². The van der Waals surface area contributed by atoms with E-state index in [2.05, 4.69) is 19.2 Å². The molecule has 0 unspecified atom stereocenters. The van der Waals surface area contributed by atoms with Gasteiger partial charge in [-0.15, -0.1) is 0 Å². The molecule has 9 heavy (non-hydrogen) atoms. The van der Waals surface area contributed by atoms with E-state index in [0.29, 0.717) is 9.52 Å². The first kappa shape index (κ1) is 10.3. The van der Waals surface area contributed by atoms with Gasteiger partial charge in [0.1, 0.15) is 0 Å². The van der Waals surface area contributed by atoms with Crippen LogP contribution in [0.3, 0.4) is 0 Å². The summed E-state index contributed by atoms with van der Waals surface area (Å²) >= 11 is 4.10. The molecule has 0 amide bonds. The Morgan fingerprint density at radius 3 is 2.78 bits per heavy atom. The highest BCUT2D eigenvalue weighted by atomic mass is 33.1. The summed E-state index contributed by atoms with van der Waals surface area (Å²) in [5.74, 6) is 1.33. The molecule has 56 valence electrons. The fourth-order valence-electron chi connectivity index (χ4n) is 0.507. The first-order chi connectivity index (χ1) is 4.41. The van der Waals surface area contributed by atoms with Crippen LogP contribution in [0.2, 0.25) is 12.6 Å². The lowest BCUT2D eigenvalue weighted by Gasteiger charge is -1.95. The summed E-state index contributed by atoms with van der Waals surface area (Å²) in [6.45, 7) is 2.37. The van der Waals surface area contributed by atoms with Crippen LogP contribution in [-0.2, 0) is 0 Å². The topological polar surface area (TPSA) is 0 Å². The average Bonchev–Trinajstić information content (AvgIpc) is 1.89. The molecule has 0 aliphatic carbocycles. The Balaban J connectivity index is 2.60. The standard InChI is InChI=1S/C5H14S3Si/c1-9-4-2-3-7-8-5-6/h6H,2-5,9H2,1H3. The Bertz CT molecular complexity index is 45.5. The molecule has 0 atom stereocenters. The fourth-order valence-corrected chi connectivity index (χ4v) is 3.74. The minimum absolute atomic E-state index is 0.338. The molecular formula is C5H14S3Si. The number of hydrogen-bond donors (Lipinski definition) is 1. The highest BCUT2D eigenvalue weighted by molar-refractivity contribution is 8.77. The van der Waals surface area contributed by atoms with Crippen molar-refractivity contribution in [2.45, 2.75) is 19.0 Å². The molecular weight excluding hydrogens is 184 g/mol. The quantitative estimate of drug-likeness (QED) is 0.229. The van der Waals surface area contributed by atoms with Gasteiger partial charge in [0, 0.05) is 20.4 Å². The van der Waals surface area contributed by atoms with Crippen LogP contribution in [0.5, 0.6) is 0 Å². The number of hydrogen-bond acceptors (Lipinski definition) is 3. The Kier molecular flexibility index (Phi) is 10.6. The molecule has 0 radical (unpaired) electrons. The van der Waals surface area contributed by atoms with E-state index in [1.165, 1.54) is 18.2 Å². The molecule has 0 aliphatic rings. The summed E-state index contributed by atoms with van der Waals surface area (Å²) in [7, 11) is 4.15.